The summed E-state index contributed by atoms with van der Waals surface area (Å²) < 4.78 is 0. The Labute approximate surface area is 363 Å². The van der Waals surface area contributed by atoms with E-state index < -0.39 is 0 Å². The van der Waals surface area contributed by atoms with Crippen molar-refractivity contribution in [3.8, 4) is 50.3 Å². The highest BCUT2D eigenvalue weighted by Crippen LogP contribution is 2.40. The summed E-state index contributed by atoms with van der Waals surface area (Å²) in [6.45, 7) is 0. The molecule has 9 aromatic carbocycles. The lowest BCUT2D eigenvalue weighted by atomic mass is 9.64. The fraction of sp³-hybridized carbons (Fsp3) is 0. The van der Waals surface area contributed by atoms with Gasteiger partial charge in [-0.3, -0.25) is 0 Å². The van der Waals surface area contributed by atoms with Crippen LogP contribution in [0.2, 0.25) is 0 Å². The Morgan fingerprint density at radius 1 is 0.246 bits per heavy atom. The molecule has 0 saturated carbocycles. The molecule has 0 bridgehead atoms. The zero-order chi connectivity index (χ0) is 41.9. The second-order valence-corrected chi connectivity index (χ2v) is 14.9. The van der Waals surface area contributed by atoms with Gasteiger partial charge in [0, 0.05) is 39.7 Å². The number of hydrogen-bond donors (Lipinski definition) is 1. The zero-order valence-corrected chi connectivity index (χ0v) is 33.4. The van der Waals surface area contributed by atoms with Gasteiger partial charge in [-0.2, -0.15) is 0 Å². The van der Waals surface area contributed by atoms with Gasteiger partial charge in [0.25, 0.3) is 0 Å². The molecule has 0 aliphatic carbocycles. The first-order chi connectivity index (χ1) is 29.8. The van der Waals surface area contributed by atoms with Crippen molar-refractivity contribution in [3.05, 3.63) is 212 Å². The molecule has 0 heterocycles. The van der Waals surface area contributed by atoms with Crippen LogP contribution in [0.1, 0.15) is 0 Å². The average Bonchev–Trinajstić information content (AvgIpc) is 3.33. The molecule has 1 N–H and O–H groups in total. The van der Waals surface area contributed by atoms with Gasteiger partial charge in [-0.1, -0.05) is 150 Å². The Morgan fingerprint density at radius 2 is 0.492 bits per heavy atom. The molecule has 0 spiro atoms. The second-order valence-electron chi connectivity index (χ2n) is 14.9. The van der Waals surface area contributed by atoms with Crippen LogP contribution in [0.5, 0.6) is 5.75 Å². The van der Waals surface area contributed by atoms with Crippen LogP contribution in [0.3, 0.4) is 0 Å². The highest BCUT2D eigenvalue weighted by Gasteiger charge is 2.18. The van der Waals surface area contributed by atoms with E-state index in [2.05, 4.69) is 168 Å². The molecular weight excluding hydrogens is 736 g/mol. The Bertz CT molecular complexity index is 2880. The molecule has 0 unspecified atom stereocenters. The number of phenols is 1. The molecule has 9 aromatic rings. The van der Waals surface area contributed by atoms with E-state index in [0.717, 1.165) is 56.4 Å². The second kappa shape index (κ2) is 17.1. The molecule has 0 aliphatic rings. The SMILES string of the molecule is [B]c1c([B])c([B])c(-c2ccc(N(c3ccc(-c4ccccc4)cc3)c3ccc(-c4ccc(N(c5ccccc5)c5ccc(-c6ccccc6)cc5)cc4)cc3)cc2)c(O)c1[B]. The molecule has 0 aliphatic heterocycles. The van der Waals surface area contributed by atoms with Crippen molar-refractivity contribution < 1.29 is 5.11 Å². The molecule has 0 fully saturated rings. The minimum absolute atomic E-state index is 0.00276. The van der Waals surface area contributed by atoms with Gasteiger partial charge >= 0.3 is 0 Å². The molecule has 0 saturated heterocycles. The van der Waals surface area contributed by atoms with Crippen molar-refractivity contribution in [1.82, 2.24) is 0 Å². The van der Waals surface area contributed by atoms with E-state index in [0.29, 0.717) is 11.1 Å². The minimum atomic E-state index is -0.195. The molecular formula is C54H36B4N2O. The summed E-state index contributed by atoms with van der Waals surface area (Å²) in [6, 6.07) is 73.5. The maximum absolute atomic E-state index is 11.0. The summed E-state index contributed by atoms with van der Waals surface area (Å²) >= 11 is 0. The Morgan fingerprint density at radius 3 is 0.820 bits per heavy atom. The summed E-state index contributed by atoms with van der Waals surface area (Å²) in [5.74, 6) is -0.195. The van der Waals surface area contributed by atoms with Gasteiger partial charge in [0.15, 0.2) is 0 Å². The van der Waals surface area contributed by atoms with Gasteiger partial charge in [-0.05, 0) is 112 Å². The Hall–Kier alpha value is -7.36. The van der Waals surface area contributed by atoms with Crippen LogP contribution in [0.15, 0.2) is 212 Å². The lowest BCUT2D eigenvalue weighted by molar-refractivity contribution is 0.482. The fourth-order valence-electron chi connectivity index (χ4n) is 7.83. The lowest BCUT2D eigenvalue weighted by Crippen LogP contribution is -2.48. The predicted molar refractivity (Wildman–Crippen MR) is 261 cm³/mol. The van der Waals surface area contributed by atoms with Gasteiger partial charge in [0.1, 0.15) is 37.1 Å². The molecule has 8 radical (unpaired) electrons. The number of rotatable bonds is 10. The number of para-hydroxylation sites is 1. The third-order valence-corrected chi connectivity index (χ3v) is 11.1. The van der Waals surface area contributed by atoms with Crippen molar-refractivity contribution in [2.24, 2.45) is 0 Å². The van der Waals surface area contributed by atoms with Crippen molar-refractivity contribution in [2.45, 2.75) is 0 Å². The fourth-order valence-corrected chi connectivity index (χ4v) is 7.83. The third kappa shape index (κ3) is 7.91. The van der Waals surface area contributed by atoms with Gasteiger partial charge in [-0.15, -0.1) is 10.9 Å². The quantitative estimate of drug-likeness (QED) is 0.140. The average molecular weight is 772 g/mol. The summed E-state index contributed by atoms with van der Waals surface area (Å²) in [7, 11) is 24.6. The third-order valence-electron chi connectivity index (χ3n) is 11.1. The van der Waals surface area contributed by atoms with E-state index in [1.807, 2.05) is 54.6 Å². The van der Waals surface area contributed by atoms with Crippen molar-refractivity contribution in [1.29, 1.82) is 0 Å². The van der Waals surface area contributed by atoms with Gasteiger partial charge in [0.05, 0.1) is 0 Å². The van der Waals surface area contributed by atoms with Crippen LogP contribution in [0.25, 0.3) is 44.5 Å². The number of phenolic OH excluding ortho intramolecular Hbond substituents is 1. The molecule has 0 aromatic heterocycles. The first-order valence-electron chi connectivity index (χ1n) is 20.1. The standard InChI is InChI=1S/C54H36B4N2O/c55-50-49(54(61)53(58)52(57)51(50)56)42-24-34-48(35-25-42)60(46-28-18-39(19-29-46)37-12-6-2-7-13-37)47-32-22-41(23-33-47)40-20-30-45(31-21-40)59(43-14-8-3-9-15-43)44-26-16-38(17-27-44)36-10-4-1-5-11-36/h1-35,61H. The Balaban J connectivity index is 1.03. The van der Waals surface area contributed by atoms with Gasteiger partial charge in [-0.25, -0.2) is 0 Å². The molecule has 9 rings (SSSR count). The van der Waals surface area contributed by atoms with Crippen LogP contribution >= 0.6 is 0 Å². The number of anilines is 6. The highest BCUT2D eigenvalue weighted by molar-refractivity contribution is 6.64. The monoisotopic (exact) mass is 772 g/mol. The summed E-state index contributed by atoms with van der Waals surface area (Å²) in [5, 5.41) is 11.0. The first-order valence-corrected chi connectivity index (χ1v) is 20.1. The van der Waals surface area contributed by atoms with Crippen molar-refractivity contribution in [3.63, 3.8) is 0 Å². The van der Waals surface area contributed by atoms with Crippen LogP contribution in [-0.4, -0.2) is 36.5 Å². The topological polar surface area (TPSA) is 26.7 Å². The summed E-state index contributed by atoms with van der Waals surface area (Å²) in [4.78, 5) is 4.47. The molecule has 0 atom stereocenters. The van der Waals surface area contributed by atoms with Crippen LogP contribution in [-0.2, 0) is 0 Å². The molecule has 7 heteroatoms. The summed E-state index contributed by atoms with van der Waals surface area (Å²) in [6.07, 6.45) is 0. The largest absolute Gasteiger partial charge is 0.508 e. The molecule has 280 valence electrons. The maximum Gasteiger partial charge on any atom is 0.118 e. The Kier molecular flexibility index (Phi) is 11.0. The normalized spacial score (nSPS) is 11.0. The van der Waals surface area contributed by atoms with Crippen LogP contribution < -0.4 is 31.7 Å². The molecule has 61 heavy (non-hydrogen) atoms. The number of nitrogens with zero attached hydrogens (tertiary/aromatic N) is 2. The van der Waals surface area contributed by atoms with Crippen LogP contribution in [0, 0.1) is 0 Å². The van der Waals surface area contributed by atoms with Gasteiger partial charge in [0.2, 0.25) is 0 Å². The highest BCUT2D eigenvalue weighted by atomic mass is 16.3. The van der Waals surface area contributed by atoms with Crippen molar-refractivity contribution >= 4 is 87.4 Å². The molecule has 0 amide bonds. The first kappa shape index (κ1) is 39.1. The minimum Gasteiger partial charge on any atom is -0.508 e. The van der Waals surface area contributed by atoms with Gasteiger partial charge < -0.3 is 14.9 Å². The van der Waals surface area contributed by atoms with E-state index in [-0.39, 0.29) is 27.6 Å². The summed E-state index contributed by atoms with van der Waals surface area (Å²) in [5.41, 5.74) is 14.3. The van der Waals surface area contributed by atoms with Crippen LogP contribution in [0.4, 0.5) is 34.1 Å². The van der Waals surface area contributed by atoms with E-state index >= 15 is 0 Å². The molecule has 3 nitrogen and oxygen atoms in total. The van der Waals surface area contributed by atoms with E-state index in [4.69, 9.17) is 31.4 Å². The maximum atomic E-state index is 11.0. The zero-order valence-electron chi connectivity index (χ0n) is 33.4. The number of benzene rings is 9. The lowest BCUT2D eigenvalue weighted by Gasteiger charge is -2.27. The number of hydrogen-bond acceptors (Lipinski definition) is 3. The van der Waals surface area contributed by atoms with E-state index in [1.165, 1.54) is 11.1 Å². The van der Waals surface area contributed by atoms with E-state index in [1.54, 1.807) is 0 Å². The van der Waals surface area contributed by atoms with E-state index in [9.17, 15) is 5.11 Å². The predicted octanol–water partition coefficient (Wildman–Crippen LogP) is 10.2. The van der Waals surface area contributed by atoms with Crippen molar-refractivity contribution in [2.75, 3.05) is 9.80 Å². The smallest absolute Gasteiger partial charge is 0.118 e. The number of aromatic hydroxyl groups is 1.